The number of aliphatic imine (C=N–C) groups is 1. The Kier molecular flexibility index (Phi) is 6.53. The molecule has 3 N–H and O–H groups in total. The van der Waals surface area contributed by atoms with Gasteiger partial charge in [0.2, 0.25) is 0 Å². The summed E-state index contributed by atoms with van der Waals surface area (Å²) in [6, 6.07) is 6.91. The van der Waals surface area contributed by atoms with Crippen LogP contribution in [0.4, 0.5) is 10.5 Å². The first-order valence-electron chi connectivity index (χ1n) is 11.5. The molecule has 2 aliphatic heterocycles. The molecule has 0 unspecified atom stereocenters. The van der Waals surface area contributed by atoms with Crippen molar-refractivity contribution in [3.05, 3.63) is 28.9 Å². The zero-order valence-corrected chi connectivity index (χ0v) is 19.6. The van der Waals surface area contributed by atoms with Gasteiger partial charge >= 0.3 is 6.16 Å². The maximum Gasteiger partial charge on any atom is 0.507 e. The molecule has 5 rings (SSSR count). The van der Waals surface area contributed by atoms with Crippen LogP contribution in [-0.4, -0.2) is 63.3 Å². The highest BCUT2D eigenvalue weighted by Crippen LogP contribution is 2.34. The fourth-order valence-corrected chi connectivity index (χ4v) is 6.36. The molecule has 1 aliphatic carbocycles. The number of likely N-dealkylation sites (tertiary alicyclic amines) is 1. The minimum absolute atomic E-state index is 0.229. The van der Waals surface area contributed by atoms with Crippen LogP contribution in [0, 0.1) is 0 Å². The van der Waals surface area contributed by atoms with E-state index in [4.69, 9.17) is 26.4 Å². The molecule has 0 bridgehead atoms. The molecule has 1 saturated carbocycles. The Labute approximate surface area is 196 Å². The molecule has 32 heavy (non-hydrogen) atoms. The Morgan fingerprint density at radius 1 is 1.28 bits per heavy atom. The molecule has 2 atom stereocenters. The average Bonchev–Trinajstić information content (AvgIpc) is 3.53. The average molecular weight is 477 g/mol. The van der Waals surface area contributed by atoms with Crippen LogP contribution < -0.4 is 5.32 Å². The Bertz CT molecular complexity index is 1020. The zero-order valence-electron chi connectivity index (χ0n) is 18.0. The predicted molar refractivity (Wildman–Crippen MR) is 130 cm³/mol. The van der Waals surface area contributed by atoms with Crippen LogP contribution in [0.2, 0.25) is 5.02 Å². The summed E-state index contributed by atoms with van der Waals surface area (Å²) in [5.74, 6) is 0.941. The second kappa shape index (κ2) is 9.53. The van der Waals surface area contributed by atoms with Gasteiger partial charge in [0.1, 0.15) is 5.04 Å². The van der Waals surface area contributed by atoms with Gasteiger partial charge in [-0.25, -0.2) is 4.79 Å². The van der Waals surface area contributed by atoms with Crippen molar-refractivity contribution in [3.63, 3.8) is 0 Å². The van der Waals surface area contributed by atoms with E-state index in [1.54, 1.807) is 11.8 Å². The molecule has 0 radical (unpaired) electrons. The number of anilines is 1. The Morgan fingerprint density at radius 3 is 2.94 bits per heavy atom. The zero-order chi connectivity index (χ0) is 22.1. The molecule has 3 heterocycles. The summed E-state index contributed by atoms with van der Waals surface area (Å²) in [6.45, 7) is 1.69. The van der Waals surface area contributed by atoms with E-state index in [2.05, 4.69) is 21.3 Å². The van der Waals surface area contributed by atoms with E-state index >= 15 is 0 Å². The number of aromatic nitrogens is 1. The lowest BCUT2D eigenvalue weighted by Gasteiger charge is -2.23. The Morgan fingerprint density at radius 2 is 2.12 bits per heavy atom. The maximum atomic E-state index is 10.9. The van der Waals surface area contributed by atoms with Crippen molar-refractivity contribution in [3.8, 4) is 0 Å². The molecule has 3 aliphatic rings. The summed E-state index contributed by atoms with van der Waals surface area (Å²) in [5.41, 5.74) is 3.20. The summed E-state index contributed by atoms with van der Waals surface area (Å²) < 4.78 is 5.01. The lowest BCUT2D eigenvalue weighted by molar-refractivity contribution is -0.0141. The van der Waals surface area contributed by atoms with Gasteiger partial charge in [-0.1, -0.05) is 24.4 Å². The highest BCUT2D eigenvalue weighted by Gasteiger charge is 2.29. The van der Waals surface area contributed by atoms with Gasteiger partial charge in [-0.05, 0) is 50.3 Å². The monoisotopic (exact) mass is 476 g/mol. The van der Waals surface area contributed by atoms with Gasteiger partial charge < -0.3 is 20.1 Å². The van der Waals surface area contributed by atoms with Gasteiger partial charge in [-0.15, -0.1) is 11.8 Å². The molecule has 1 saturated heterocycles. The first-order valence-corrected chi connectivity index (χ1v) is 12.8. The number of nitrogens with one attached hydrogen (secondary N) is 2. The highest BCUT2D eigenvalue weighted by atomic mass is 35.5. The smallest absolute Gasteiger partial charge is 0.450 e. The fourth-order valence-electron chi connectivity index (χ4n) is 5.05. The number of aromatic amines is 1. The van der Waals surface area contributed by atoms with E-state index in [0.717, 1.165) is 70.5 Å². The first-order chi connectivity index (χ1) is 15.5. The third-order valence-corrected chi connectivity index (χ3v) is 8.01. The third-order valence-electron chi connectivity index (χ3n) is 6.64. The largest absolute Gasteiger partial charge is 0.507 e. The van der Waals surface area contributed by atoms with Crippen LogP contribution in [0.5, 0.6) is 0 Å². The van der Waals surface area contributed by atoms with E-state index in [9.17, 15) is 4.79 Å². The molecular formula is C23H29ClN4O3S. The van der Waals surface area contributed by atoms with E-state index < -0.39 is 6.16 Å². The van der Waals surface area contributed by atoms with Crippen molar-refractivity contribution in [2.45, 2.75) is 63.3 Å². The van der Waals surface area contributed by atoms with Crippen molar-refractivity contribution < 1.29 is 14.6 Å². The second-order valence-electron chi connectivity index (χ2n) is 8.93. The topological polar surface area (TPSA) is 90.0 Å². The molecule has 9 heteroatoms. The van der Waals surface area contributed by atoms with Gasteiger partial charge in [0, 0.05) is 35.3 Å². The lowest BCUT2D eigenvalue weighted by Crippen LogP contribution is -2.35. The molecule has 1 aromatic heterocycles. The van der Waals surface area contributed by atoms with Crippen molar-refractivity contribution in [1.82, 2.24) is 9.88 Å². The van der Waals surface area contributed by atoms with Crippen LogP contribution in [0.15, 0.2) is 23.2 Å². The van der Waals surface area contributed by atoms with Crippen LogP contribution in [0.3, 0.4) is 0 Å². The summed E-state index contributed by atoms with van der Waals surface area (Å²) in [4.78, 5) is 21.6. The van der Waals surface area contributed by atoms with Gasteiger partial charge in [0.05, 0.1) is 22.9 Å². The number of thioether (sulfide) groups is 1. The predicted octanol–water partition coefficient (Wildman–Crippen LogP) is 5.54. The van der Waals surface area contributed by atoms with Crippen molar-refractivity contribution in [2.24, 2.45) is 4.99 Å². The third kappa shape index (κ3) is 4.87. The number of ether oxygens (including phenoxy) is 1. The number of carbonyl (C=O) groups is 1. The summed E-state index contributed by atoms with van der Waals surface area (Å²) in [6.07, 6.45) is 6.13. The standard InChI is InChI=1S/C23H29ClN4O3S/c24-15-10-14-11-19(27-21(14)18(12-15)25-16-4-1-2-5-16)22-26-17(13-32-22)7-9-28-8-3-6-20(28)31-23(29)30/h10-12,16-17,20,25,27H,1-9,13H2,(H,29,30)/t17-,20+/m1/s1. The molecule has 7 nitrogen and oxygen atoms in total. The van der Waals surface area contributed by atoms with E-state index in [1.807, 2.05) is 12.1 Å². The number of halogens is 1. The SMILES string of the molecule is O=C(O)O[C@H]1CCCN1CC[C@@H]1CSC(c2cc3cc(Cl)cc(NC4CCCC4)c3[nH]2)=N1. The molecule has 2 aromatic rings. The minimum Gasteiger partial charge on any atom is -0.450 e. The maximum absolute atomic E-state index is 10.9. The lowest BCUT2D eigenvalue weighted by atomic mass is 10.2. The fraction of sp³-hybridized carbons (Fsp3) is 0.565. The molecule has 2 fully saturated rings. The number of carboxylic acid groups (broad SMARTS) is 1. The van der Waals surface area contributed by atoms with Crippen LogP contribution in [0.1, 0.15) is 50.6 Å². The van der Waals surface area contributed by atoms with Crippen LogP contribution in [0.25, 0.3) is 10.9 Å². The van der Waals surface area contributed by atoms with Gasteiger partial charge in [-0.3, -0.25) is 9.89 Å². The Balaban J connectivity index is 1.27. The number of H-pyrrole nitrogens is 1. The quantitative estimate of drug-likeness (QED) is 0.454. The summed E-state index contributed by atoms with van der Waals surface area (Å²) in [5, 5.41) is 15.5. The van der Waals surface area contributed by atoms with Crippen molar-refractivity contribution in [2.75, 3.05) is 24.2 Å². The van der Waals surface area contributed by atoms with Crippen LogP contribution in [-0.2, 0) is 4.74 Å². The first kappa shape index (κ1) is 21.9. The number of hydrogen-bond acceptors (Lipinski definition) is 6. The van der Waals surface area contributed by atoms with Crippen molar-refractivity contribution in [1.29, 1.82) is 0 Å². The van der Waals surface area contributed by atoms with Crippen LogP contribution >= 0.6 is 23.4 Å². The molecule has 0 spiro atoms. The highest BCUT2D eigenvalue weighted by molar-refractivity contribution is 8.14. The molecular weight excluding hydrogens is 448 g/mol. The molecule has 172 valence electrons. The number of rotatable bonds is 7. The van der Waals surface area contributed by atoms with Gasteiger partial charge in [0.15, 0.2) is 6.23 Å². The number of hydrogen-bond donors (Lipinski definition) is 3. The van der Waals surface area contributed by atoms with E-state index in [-0.39, 0.29) is 12.3 Å². The van der Waals surface area contributed by atoms with Gasteiger partial charge in [0.25, 0.3) is 0 Å². The van der Waals surface area contributed by atoms with E-state index in [0.29, 0.717) is 6.04 Å². The normalized spacial score (nSPS) is 24.3. The minimum atomic E-state index is -1.20. The summed E-state index contributed by atoms with van der Waals surface area (Å²) >= 11 is 8.18. The second-order valence-corrected chi connectivity index (χ2v) is 10.4. The number of benzene rings is 1. The summed E-state index contributed by atoms with van der Waals surface area (Å²) in [7, 11) is 0. The Hall–Kier alpha value is -1.90. The number of fused-ring (bicyclic) bond motifs is 1. The van der Waals surface area contributed by atoms with Gasteiger partial charge in [-0.2, -0.15) is 0 Å². The molecule has 1 aromatic carbocycles. The molecule has 0 amide bonds. The van der Waals surface area contributed by atoms with Crippen molar-refractivity contribution >= 4 is 51.2 Å². The van der Waals surface area contributed by atoms with E-state index in [1.165, 1.54) is 25.7 Å². The number of nitrogens with zero attached hydrogens (tertiary/aromatic N) is 2.